The summed E-state index contributed by atoms with van der Waals surface area (Å²) < 4.78 is 1.70. The van der Waals surface area contributed by atoms with Crippen LogP contribution in [-0.2, 0) is 0 Å². The molecule has 0 bridgehead atoms. The molecule has 1 amide bonds. The predicted octanol–water partition coefficient (Wildman–Crippen LogP) is 0.674. The summed E-state index contributed by atoms with van der Waals surface area (Å²) in [4.78, 5) is 11.9. The second kappa shape index (κ2) is 5.45. The summed E-state index contributed by atoms with van der Waals surface area (Å²) in [6.45, 7) is 1.57. The number of aromatic nitrogens is 2. The van der Waals surface area contributed by atoms with Crippen LogP contribution in [0.15, 0.2) is 30.6 Å². The molecular formula is C12H16N4O. The Bertz CT molecular complexity index is 506. The molecule has 0 unspecified atom stereocenters. The van der Waals surface area contributed by atoms with E-state index in [0.29, 0.717) is 12.1 Å². The zero-order chi connectivity index (χ0) is 12.1. The van der Waals surface area contributed by atoms with Crippen LogP contribution in [0.25, 0.3) is 5.52 Å². The Morgan fingerprint density at radius 2 is 2.29 bits per heavy atom. The Balaban J connectivity index is 2.04. The first kappa shape index (κ1) is 11.6. The maximum Gasteiger partial charge on any atom is 0.255 e. The van der Waals surface area contributed by atoms with Crippen LogP contribution in [0.3, 0.4) is 0 Å². The van der Waals surface area contributed by atoms with Crippen LogP contribution in [0.2, 0.25) is 0 Å². The quantitative estimate of drug-likeness (QED) is 0.745. The number of amides is 1. The van der Waals surface area contributed by atoms with Gasteiger partial charge in [-0.25, -0.2) is 4.52 Å². The molecule has 0 spiro atoms. The Morgan fingerprint density at radius 3 is 3.12 bits per heavy atom. The molecule has 0 aromatic carbocycles. The van der Waals surface area contributed by atoms with Gasteiger partial charge >= 0.3 is 0 Å². The molecule has 17 heavy (non-hydrogen) atoms. The second-order valence-corrected chi connectivity index (χ2v) is 3.80. The van der Waals surface area contributed by atoms with Crippen molar-refractivity contribution in [2.75, 3.05) is 20.1 Å². The van der Waals surface area contributed by atoms with Gasteiger partial charge in [0.1, 0.15) is 0 Å². The first-order valence-electron chi connectivity index (χ1n) is 5.68. The van der Waals surface area contributed by atoms with E-state index in [1.807, 2.05) is 31.4 Å². The first-order valence-corrected chi connectivity index (χ1v) is 5.68. The van der Waals surface area contributed by atoms with Gasteiger partial charge in [-0.3, -0.25) is 4.79 Å². The van der Waals surface area contributed by atoms with E-state index in [1.165, 1.54) is 0 Å². The van der Waals surface area contributed by atoms with E-state index in [4.69, 9.17) is 0 Å². The molecule has 0 saturated carbocycles. The number of hydrogen-bond donors (Lipinski definition) is 2. The monoisotopic (exact) mass is 232 g/mol. The Morgan fingerprint density at radius 1 is 1.41 bits per heavy atom. The van der Waals surface area contributed by atoms with Crippen molar-refractivity contribution in [1.82, 2.24) is 20.2 Å². The van der Waals surface area contributed by atoms with Gasteiger partial charge in [0.05, 0.1) is 17.3 Å². The maximum atomic E-state index is 11.9. The lowest BCUT2D eigenvalue weighted by atomic mass is 10.2. The minimum absolute atomic E-state index is 0.0673. The predicted molar refractivity (Wildman–Crippen MR) is 66.1 cm³/mol. The maximum absolute atomic E-state index is 11.9. The van der Waals surface area contributed by atoms with E-state index in [9.17, 15) is 4.79 Å². The number of pyridine rings is 1. The van der Waals surface area contributed by atoms with Crippen molar-refractivity contribution in [3.8, 4) is 0 Å². The third kappa shape index (κ3) is 2.62. The normalized spacial score (nSPS) is 10.6. The fourth-order valence-corrected chi connectivity index (χ4v) is 1.67. The number of carbonyl (C=O) groups excluding carboxylic acids is 1. The zero-order valence-electron chi connectivity index (χ0n) is 9.81. The smallest absolute Gasteiger partial charge is 0.255 e. The molecule has 5 heteroatoms. The molecule has 0 saturated heterocycles. The van der Waals surface area contributed by atoms with Gasteiger partial charge in [0, 0.05) is 12.7 Å². The van der Waals surface area contributed by atoms with Crippen molar-refractivity contribution in [3.63, 3.8) is 0 Å². The molecule has 0 atom stereocenters. The lowest BCUT2D eigenvalue weighted by Crippen LogP contribution is -2.26. The lowest BCUT2D eigenvalue weighted by molar-refractivity contribution is 0.0955. The van der Waals surface area contributed by atoms with Crippen molar-refractivity contribution in [2.45, 2.75) is 6.42 Å². The Labute approximate surface area is 99.8 Å². The highest BCUT2D eigenvalue weighted by Gasteiger charge is 2.10. The van der Waals surface area contributed by atoms with E-state index in [0.717, 1.165) is 18.5 Å². The molecule has 2 rings (SSSR count). The van der Waals surface area contributed by atoms with E-state index in [2.05, 4.69) is 15.7 Å². The first-order chi connectivity index (χ1) is 8.33. The van der Waals surface area contributed by atoms with Gasteiger partial charge in [-0.1, -0.05) is 6.07 Å². The minimum Gasteiger partial charge on any atom is -0.352 e. The number of nitrogens with one attached hydrogen (secondary N) is 2. The van der Waals surface area contributed by atoms with Gasteiger partial charge in [-0.2, -0.15) is 5.10 Å². The molecule has 0 aliphatic heterocycles. The van der Waals surface area contributed by atoms with Gasteiger partial charge in [-0.05, 0) is 32.1 Å². The average Bonchev–Trinajstić information content (AvgIpc) is 2.78. The summed E-state index contributed by atoms with van der Waals surface area (Å²) in [6, 6.07) is 5.67. The summed E-state index contributed by atoms with van der Waals surface area (Å²) in [5.74, 6) is -0.0673. The Kier molecular flexibility index (Phi) is 3.72. The highest BCUT2D eigenvalue weighted by molar-refractivity contribution is 6.00. The number of fused-ring (bicyclic) bond motifs is 1. The molecule has 2 heterocycles. The summed E-state index contributed by atoms with van der Waals surface area (Å²) in [5.41, 5.74) is 1.45. The van der Waals surface area contributed by atoms with E-state index < -0.39 is 0 Å². The van der Waals surface area contributed by atoms with Crippen LogP contribution in [0, 0.1) is 0 Å². The molecule has 0 fully saturated rings. The summed E-state index contributed by atoms with van der Waals surface area (Å²) in [7, 11) is 1.90. The third-order valence-corrected chi connectivity index (χ3v) is 2.56. The van der Waals surface area contributed by atoms with Crippen LogP contribution in [0.5, 0.6) is 0 Å². The third-order valence-electron chi connectivity index (χ3n) is 2.56. The fraction of sp³-hybridized carbons (Fsp3) is 0.333. The molecule has 0 aliphatic carbocycles. The van der Waals surface area contributed by atoms with Crippen molar-refractivity contribution in [3.05, 3.63) is 36.2 Å². The molecule has 0 radical (unpaired) electrons. The van der Waals surface area contributed by atoms with Crippen molar-refractivity contribution >= 4 is 11.4 Å². The van der Waals surface area contributed by atoms with E-state index >= 15 is 0 Å². The van der Waals surface area contributed by atoms with Gasteiger partial charge in [0.25, 0.3) is 5.91 Å². The number of hydrogen-bond acceptors (Lipinski definition) is 3. The molecule has 0 aliphatic rings. The van der Waals surface area contributed by atoms with Gasteiger partial charge in [-0.15, -0.1) is 0 Å². The van der Waals surface area contributed by atoms with E-state index in [-0.39, 0.29) is 5.91 Å². The van der Waals surface area contributed by atoms with Gasteiger partial charge in [0.15, 0.2) is 0 Å². The Hall–Kier alpha value is -1.88. The van der Waals surface area contributed by atoms with Gasteiger partial charge < -0.3 is 10.6 Å². The van der Waals surface area contributed by atoms with Crippen LogP contribution < -0.4 is 10.6 Å². The largest absolute Gasteiger partial charge is 0.352 e. The standard InChI is InChI=1S/C12H16N4O/c1-13-6-4-7-14-12(17)10-9-15-16-8-3-2-5-11(10)16/h2-3,5,8-9,13H,4,6-7H2,1H3,(H,14,17). The second-order valence-electron chi connectivity index (χ2n) is 3.80. The van der Waals surface area contributed by atoms with Crippen LogP contribution in [0.4, 0.5) is 0 Å². The summed E-state index contributed by atoms with van der Waals surface area (Å²) in [5, 5.41) is 10.0. The summed E-state index contributed by atoms with van der Waals surface area (Å²) >= 11 is 0. The average molecular weight is 232 g/mol. The SMILES string of the molecule is CNCCCNC(=O)c1cnn2ccccc12. The van der Waals surface area contributed by atoms with Crippen LogP contribution >= 0.6 is 0 Å². The summed E-state index contributed by atoms with van der Waals surface area (Å²) in [6.07, 6.45) is 4.34. The molecule has 5 nitrogen and oxygen atoms in total. The highest BCUT2D eigenvalue weighted by Crippen LogP contribution is 2.09. The highest BCUT2D eigenvalue weighted by atomic mass is 16.1. The molecule has 2 N–H and O–H groups in total. The topological polar surface area (TPSA) is 58.4 Å². The van der Waals surface area contributed by atoms with Gasteiger partial charge in [0.2, 0.25) is 0 Å². The number of nitrogens with zero attached hydrogens (tertiary/aromatic N) is 2. The molecule has 2 aromatic heterocycles. The van der Waals surface area contributed by atoms with Crippen molar-refractivity contribution in [2.24, 2.45) is 0 Å². The number of rotatable bonds is 5. The van der Waals surface area contributed by atoms with Crippen molar-refractivity contribution in [1.29, 1.82) is 0 Å². The molecular weight excluding hydrogens is 216 g/mol. The number of carbonyl (C=O) groups is 1. The van der Waals surface area contributed by atoms with Crippen molar-refractivity contribution < 1.29 is 4.79 Å². The fourth-order valence-electron chi connectivity index (χ4n) is 1.67. The molecule has 90 valence electrons. The van der Waals surface area contributed by atoms with Crippen LogP contribution in [-0.4, -0.2) is 35.7 Å². The zero-order valence-corrected chi connectivity index (χ0v) is 9.81. The van der Waals surface area contributed by atoms with Crippen LogP contribution in [0.1, 0.15) is 16.8 Å². The molecule has 2 aromatic rings. The van der Waals surface area contributed by atoms with E-state index in [1.54, 1.807) is 10.7 Å². The minimum atomic E-state index is -0.0673. The lowest BCUT2D eigenvalue weighted by Gasteiger charge is -2.03.